The number of hydrogen-bond donors (Lipinski definition) is 2. The van der Waals surface area contributed by atoms with Crippen molar-refractivity contribution in [2.75, 3.05) is 13.2 Å². The van der Waals surface area contributed by atoms with Gasteiger partial charge in [-0.2, -0.15) is 0 Å². The zero-order chi connectivity index (χ0) is 16.2. The Kier molecular flexibility index (Phi) is 5.13. The van der Waals surface area contributed by atoms with Crippen molar-refractivity contribution < 1.29 is 14.3 Å². The van der Waals surface area contributed by atoms with E-state index in [0.29, 0.717) is 6.54 Å². The number of pyridine rings is 1. The van der Waals surface area contributed by atoms with E-state index in [1.807, 2.05) is 20.8 Å². The number of nitrogens with zero attached hydrogens (tertiary/aromatic N) is 1. The van der Waals surface area contributed by atoms with Crippen molar-refractivity contribution in [2.45, 2.75) is 45.3 Å². The Morgan fingerprint density at radius 3 is 2.55 bits per heavy atom. The maximum atomic E-state index is 12.1. The van der Waals surface area contributed by atoms with Gasteiger partial charge in [-0.3, -0.25) is 9.59 Å². The number of rotatable bonds is 4. The van der Waals surface area contributed by atoms with E-state index in [9.17, 15) is 9.59 Å². The van der Waals surface area contributed by atoms with Crippen molar-refractivity contribution in [3.63, 3.8) is 0 Å². The average molecular weight is 305 g/mol. The summed E-state index contributed by atoms with van der Waals surface area (Å²) in [5.41, 5.74) is 0.121. The fourth-order valence-corrected chi connectivity index (χ4v) is 2.19. The summed E-state index contributed by atoms with van der Waals surface area (Å²) in [4.78, 5) is 28.3. The molecule has 1 saturated heterocycles. The van der Waals surface area contributed by atoms with Gasteiger partial charge in [0.1, 0.15) is 11.4 Å². The summed E-state index contributed by atoms with van der Waals surface area (Å²) in [5.74, 6) is -0.581. The van der Waals surface area contributed by atoms with E-state index >= 15 is 0 Å². The summed E-state index contributed by atoms with van der Waals surface area (Å²) < 4.78 is 5.46. The van der Waals surface area contributed by atoms with Crippen LogP contribution in [0, 0.1) is 0 Å². The lowest BCUT2D eigenvalue weighted by atomic mass is 10.1. The third kappa shape index (κ3) is 4.80. The van der Waals surface area contributed by atoms with Gasteiger partial charge in [-0.15, -0.1) is 0 Å². The molecule has 0 radical (unpaired) electrons. The summed E-state index contributed by atoms with van der Waals surface area (Å²) in [6.07, 6.45) is 2.07. The molecule has 1 fully saturated rings. The molecule has 6 nitrogen and oxygen atoms in total. The Morgan fingerprint density at radius 2 is 1.95 bits per heavy atom. The fourth-order valence-electron chi connectivity index (χ4n) is 2.19. The Labute approximate surface area is 130 Å². The van der Waals surface area contributed by atoms with Gasteiger partial charge in [-0.25, -0.2) is 4.98 Å². The van der Waals surface area contributed by atoms with Crippen LogP contribution in [0.3, 0.4) is 0 Å². The van der Waals surface area contributed by atoms with E-state index in [1.54, 1.807) is 18.2 Å². The lowest BCUT2D eigenvalue weighted by Gasteiger charge is -2.20. The summed E-state index contributed by atoms with van der Waals surface area (Å²) in [6.45, 7) is 6.90. The fraction of sp³-hybridized carbons (Fsp3) is 0.562. The van der Waals surface area contributed by atoms with Crippen LogP contribution < -0.4 is 10.6 Å². The predicted octanol–water partition coefficient (Wildman–Crippen LogP) is 1.52. The highest BCUT2D eigenvalue weighted by Crippen LogP contribution is 2.11. The van der Waals surface area contributed by atoms with Crippen LogP contribution in [0.4, 0.5) is 0 Å². The number of amides is 2. The van der Waals surface area contributed by atoms with Gasteiger partial charge < -0.3 is 15.4 Å². The van der Waals surface area contributed by atoms with Gasteiger partial charge in [0.05, 0.1) is 6.10 Å². The Balaban J connectivity index is 1.97. The Hall–Kier alpha value is -1.95. The van der Waals surface area contributed by atoms with Gasteiger partial charge >= 0.3 is 0 Å². The zero-order valence-corrected chi connectivity index (χ0v) is 13.3. The number of ether oxygens (including phenoxy) is 1. The first kappa shape index (κ1) is 16.4. The molecule has 1 aliphatic heterocycles. The minimum atomic E-state index is -0.350. The minimum absolute atomic E-state index is 0.0799. The summed E-state index contributed by atoms with van der Waals surface area (Å²) in [6, 6.07) is 4.85. The normalized spacial score (nSPS) is 18.0. The van der Waals surface area contributed by atoms with Crippen molar-refractivity contribution in [3.05, 3.63) is 29.6 Å². The number of aromatic nitrogens is 1. The van der Waals surface area contributed by atoms with Crippen molar-refractivity contribution in [3.8, 4) is 0 Å². The summed E-state index contributed by atoms with van der Waals surface area (Å²) in [7, 11) is 0. The van der Waals surface area contributed by atoms with Crippen molar-refractivity contribution >= 4 is 11.8 Å². The third-order valence-electron chi connectivity index (χ3n) is 3.22. The first-order valence-electron chi connectivity index (χ1n) is 7.54. The van der Waals surface area contributed by atoms with Crippen LogP contribution in [0.5, 0.6) is 0 Å². The van der Waals surface area contributed by atoms with Gasteiger partial charge in [-0.1, -0.05) is 6.07 Å². The Bertz CT molecular complexity index is 546. The molecule has 1 aliphatic rings. The summed E-state index contributed by atoms with van der Waals surface area (Å²) >= 11 is 0. The molecular formula is C16H23N3O3. The molecule has 6 heteroatoms. The molecule has 2 N–H and O–H groups in total. The maximum Gasteiger partial charge on any atom is 0.270 e. The van der Waals surface area contributed by atoms with E-state index < -0.39 is 0 Å². The molecule has 1 aromatic heterocycles. The number of carbonyl (C=O) groups is 2. The van der Waals surface area contributed by atoms with Crippen LogP contribution in [-0.4, -0.2) is 41.6 Å². The molecular weight excluding hydrogens is 282 g/mol. The molecule has 0 bridgehead atoms. The van der Waals surface area contributed by atoms with Gasteiger partial charge in [-0.05, 0) is 45.7 Å². The number of hydrogen-bond acceptors (Lipinski definition) is 4. The SMILES string of the molecule is CC(C)(C)NC(=O)c1cccc(C(=O)NCC2CCCO2)n1. The lowest BCUT2D eigenvalue weighted by Crippen LogP contribution is -2.41. The predicted molar refractivity (Wildman–Crippen MR) is 82.8 cm³/mol. The average Bonchev–Trinajstić information content (AvgIpc) is 2.96. The molecule has 0 aromatic carbocycles. The topological polar surface area (TPSA) is 80.3 Å². The molecule has 1 aromatic rings. The third-order valence-corrected chi connectivity index (χ3v) is 3.22. The standard InChI is InChI=1S/C16H23N3O3/c1-16(2,3)19-15(21)13-8-4-7-12(18-13)14(20)17-10-11-6-5-9-22-11/h4,7-8,11H,5-6,9-10H2,1-3H3,(H,17,20)(H,19,21). The van der Waals surface area contributed by atoms with E-state index in [-0.39, 0.29) is 34.8 Å². The molecule has 22 heavy (non-hydrogen) atoms. The van der Waals surface area contributed by atoms with Crippen LogP contribution in [0.1, 0.15) is 54.6 Å². The zero-order valence-electron chi connectivity index (χ0n) is 13.3. The molecule has 1 unspecified atom stereocenters. The van der Waals surface area contributed by atoms with Crippen LogP contribution in [0.25, 0.3) is 0 Å². The van der Waals surface area contributed by atoms with Crippen molar-refractivity contribution in [1.82, 2.24) is 15.6 Å². The van der Waals surface area contributed by atoms with Crippen molar-refractivity contribution in [1.29, 1.82) is 0 Å². The minimum Gasteiger partial charge on any atom is -0.376 e. The van der Waals surface area contributed by atoms with Gasteiger partial charge in [0, 0.05) is 18.7 Å². The van der Waals surface area contributed by atoms with Crippen LogP contribution in [0.2, 0.25) is 0 Å². The molecule has 0 saturated carbocycles. The first-order valence-corrected chi connectivity index (χ1v) is 7.54. The second kappa shape index (κ2) is 6.87. The van der Waals surface area contributed by atoms with E-state index in [2.05, 4.69) is 15.6 Å². The smallest absolute Gasteiger partial charge is 0.270 e. The highest BCUT2D eigenvalue weighted by molar-refractivity contribution is 5.96. The molecule has 0 aliphatic carbocycles. The van der Waals surface area contributed by atoms with Crippen molar-refractivity contribution in [2.24, 2.45) is 0 Å². The monoisotopic (exact) mass is 305 g/mol. The Morgan fingerprint density at radius 1 is 1.27 bits per heavy atom. The first-order chi connectivity index (χ1) is 10.3. The van der Waals surface area contributed by atoms with Gasteiger partial charge in [0.2, 0.25) is 0 Å². The highest BCUT2D eigenvalue weighted by atomic mass is 16.5. The number of carbonyl (C=O) groups excluding carboxylic acids is 2. The van der Waals surface area contributed by atoms with E-state index in [4.69, 9.17) is 4.74 Å². The number of nitrogens with one attached hydrogen (secondary N) is 2. The van der Waals surface area contributed by atoms with Crippen LogP contribution in [0.15, 0.2) is 18.2 Å². The highest BCUT2D eigenvalue weighted by Gasteiger charge is 2.19. The van der Waals surface area contributed by atoms with Crippen LogP contribution in [-0.2, 0) is 4.74 Å². The largest absolute Gasteiger partial charge is 0.376 e. The lowest BCUT2D eigenvalue weighted by molar-refractivity contribution is 0.0853. The quantitative estimate of drug-likeness (QED) is 0.884. The molecule has 2 heterocycles. The van der Waals surface area contributed by atoms with E-state index in [1.165, 1.54) is 0 Å². The van der Waals surface area contributed by atoms with Crippen LogP contribution >= 0.6 is 0 Å². The molecule has 1 atom stereocenters. The molecule has 0 spiro atoms. The molecule has 2 amide bonds. The van der Waals surface area contributed by atoms with E-state index in [0.717, 1.165) is 19.4 Å². The second-order valence-electron chi connectivity index (χ2n) is 6.46. The maximum absolute atomic E-state index is 12.1. The summed E-state index contributed by atoms with van der Waals surface area (Å²) in [5, 5.41) is 5.62. The van der Waals surface area contributed by atoms with Gasteiger partial charge in [0.15, 0.2) is 0 Å². The molecule has 120 valence electrons. The van der Waals surface area contributed by atoms with Gasteiger partial charge in [0.25, 0.3) is 11.8 Å². The second-order valence-corrected chi connectivity index (χ2v) is 6.46. The molecule has 2 rings (SSSR count).